The zero-order chi connectivity index (χ0) is 18.8. The molecule has 7 heteroatoms. The first-order chi connectivity index (χ1) is 12.4. The summed E-state index contributed by atoms with van der Waals surface area (Å²) in [5.74, 6) is -0.435. The van der Waals surface area contributed by atoms with Gasteiger partial charge in [-0.2, -0.15) is 0 Å². The minimum Gasteiger partial charge on any atom is -0.353 e. The third-order valence-corrected chi connectivity index (χ3v) is 4.44. The molecule has 26 heavy (non-hydrogen) atoms. The van der Waals surface area contributed by atoms with E-state index in [1.54, 1.807) is 0 Å². The summed E-state index contributed by atoms with van der Waals surface area (Å²) in [5, 5.41) is 0. The van der Waals surface area contributed by atoms with Gasteiger partial charge in [0.1, 0.15) is 28.8 Å². The van der Waals surface area contributed by atoms with Crippen LogP contribution in [0.3, 0.4) is 0 Å². The van der Waals surface area contributed by atoms with E-state index < -0.39 is 23.1 Å². The van der Waals surface area contributed by atoms with Crippen LogP contribution >= 0.6 is 0 Å². The Bertz CT molecular complexity index is 797. The van der Waals surface area contributed by atoms with Crippen molar-refractivity contribution in [3.8, 4) is 0 Å². The smallest absolute Gasteiger partial charge is 0.259 e. The van der Waals surface area contributed by atoms with E-state index >= 15 is 0 Å². The highest BCUT2D eigenvalue weighted by Gasteiger charge is 2.27. The average molecular weight is 360 g/mol. The first kappa shape index (κ1) is 18.2. The van der Waals surface area contributed by atoms with Crippen molar-refractivity contribution in [1.29, 1.82) is 0 Å². The average Bonchev–Trinajstić information content (AvgIpc) is 2.61. The van der Waals surface area contributed by atoms with E-state index in [2.05, 4.69) is 14.9 Å². The number of nitrogens with zero attached hydrogens (tertiary/aromatic N) is 4. The van der Waals surface area contributed by atoms with Gasteiger partial charge in [-0.15, -0.1) is 0 Å². The Morgan fingerprint density at radius 1 is 1.08 bits per heavy atom. The van der Waals surface area contributed by atoms with Crippen LogP contribution < -0.4 is 4.90 Å². The molecule has 2 aromatic rings. The molecule has 138 valence electrons. The van der Waals surface area contributed by atoms with Crippen LogP contribution in [-0.4, -0.2) is 47.0 Å². The number of piperazine rings is 1. The van der Waals surface area contributed by atoms with Gasteiger partial charge in [0.15, 0.2) is 0 Å². The number of benzene rings is 1. The van der Waals surface area contributed by atoms with Crippen LogP contribution in [0.25, 0.3) is 0 Å². The highest BCUT2D eigenvalue weighted by Crippen LogP contribution is 2.20. The van der Waals surface area contributed by atoms with Crippen molar-refractivity contribution < 1.29 is 13.6 Å². The van der Waals surface area contributed by atoms with Gasteiger partial charge in [-0.3, -0.25) is 4.79 Å². The summed E-state index contributed by atoms with van der Waals surface area (Å²) in [6, 6.07) is 5.37. The van der Waals surface area contributed by atoms with Gasteiger partial charge in [-0.1, -0.05) is 19.9 Å². The van der Waals surface area contributed by atoms with E-state index in [9.17, 15) is 13.6 Å². The molecule has 1 amide bonds. The molecule has 1 aliphatic rings. The number of hydrogen-bond donors (Lipinski definition) is 0. The number of carbonyl (C=O) groups is 1. The molecule has 0 radical (unpaired) electrons. The monoisotopic (exact) mass is 360 g/mol. The number of anilines is 1. The van der Waals surface area contributed by atoms with Crippen LogP contribution in [0.15, 0.2) is 24.3 Å². The fourth-order valence-corrected chi connectivity index (χ4v) is 2.99. The molecule has 0 spiro atoms. The molecule has 1 aromatic heterocycles. The van der Waals surface area contributed by atoms with Crippen molar-refractivity contribution in [2.45, 2.75) is 26.7 Å². The zero-order valence-corrected chi connectivity index (χ0v) is 15.2. The maximum atomic E-state index is 13.8. The number of hydrogen-bond acceptors (Lipinski definition) is 4. The zero-order valence-electron chi connectivity index (χ0n) is 15.2. The van der Waals surface area contributed by atoms with Gasteiger partial charge in [0.25, 0.3) is 5.91 Å². The minimum absolute atomic E-state index is 0.223. The number of aryl methyl sites for hydroxylation is 1. The van der Waals surface area contributed by atoms with Gasteiger partial charge in [-0.05, 0) is 19.1 Å². The molecule has 2 heterocycles. The molecule has 3 rings (SSSR count). The second-order valence-electron chi connectivity index (χ2n) is 6.76. The lowest BCUT2D eigenvalue weighted by atomic mass is 10.1. The molecule has 1 fully saturated rings. The fourth-order valence-electron chi connectivity index (χ4n) is 2.99. The van der Waals surface area contributed by atoms with E-state index in [4.69, 9.17) is 0 Å². The van der Waals surface area contributed by atoms with E-state index in [-0.39, 0.29) is 5.92 Å². The molecule has 5 nitrogen and oxygen atoms in total. The highest BCUT2D eigenvalue weighted by atomic mass is 19.1. The van der Waals surface area contributed by atoms with Gasteiger partial charge in [0.05, 0.1) is 0 Å². The van der Waals surface area contributed by atoms with Gasteiger partial charge in [0, 0.05) is 43.9 Å². The van der Waals surface area contributed by atoms with Crippen LogP contribution in [0.5, 0.6) is 0 Å². The van der Waals surface area contributed by atoms with Crippen molar-refractivity contribution in [3.05, 3.63) is 53.0 Å². The standard InChI is InChI=1S/C19H22F2N4O/c1-12(2)18-22-13(3)11-16(23-18)24-7-9-25(10-8-24)19(26)17-14(20)5-4-6-15(17)21/h4-6,11-12H,7-10H2,1-3H3. The maximum Gasteiger partial charge on any atom is 0.259 e. The summed E-state index contributed by atoms with van der Waals surface area (Å²) in [6.07, 6.45) is 0. The Morgan fingerprint density at radius 2 is 1.69 bits per heavy atom. The molecule has 0 N–H and O–H groups in total. The predicted octanol–water partition coefficient (Wildman–Crippen LogP) is 3.15. The van der Waals surface area contributed by atoms with Crippen molar-refractivity contribution in [3.63, 3.8) is 0 Å². The van der Waals surface area contributed by atoms with Crippen LogP contribution in [0.2, 0.25) is 0 Å². The maximum absolute atomic E-state index is 13.8. The number of aromatic nitrogens is 2. The summed E-state index contributed by atoms with van der Waals surface area (Å²) in [4.78, 5) is 25.1. The molecular formula is C19H22F2N4O. The number of carbonyl (C=O) groups excluding carboxylic acids is 1. The topological polar surface area (TPSA) is 49.3 Å². The third-order valence-electron chi connectivity index (χ3n) is 4.44. The number of rotatable bonds is 3. The number of halogens is 2. The first-order valence-electron chi connectivity index (χ1n) is 8.70. The van der Waals surface area contributed by atoms with Crippen molar-refractivity contribution in [2.75, 3.05) is 31.1 Å². The Morgan fingerprint density at radius 3 is 2.27 bits per heavy atom. The highest BCUT2D eigenvalue weighted by molar-refractivity contribution is 5.95. The van der Waals surface area contributed by atoms with Gasteiger partial charge in [0.2, 0.25) is 0 Å². The summed E-state index contributed by atoms with van der Waals surface area (Å²) < 4.78 is 27.7. The van der Waals surface area contributed by atoms with Gasteiger partial charge >= 0.3 is 0 Å². The molecule has 0 unspecified atom stereocenters. The quantitative estimate of drug-likeness (QED) is 0.844. The molecule has 1 aromatic carbocycles. The van der Waals surface area contributed by atoms with E-state index in [1.165, 1.54) is 11.0 Å². The molecule has 0 aliphatic carbocycles. The number of amides is 1. The molecule has 0 saturated carbocycles. The van der Waals surface area contributed by atoms with E-state index in [0.717, 1.165) is 29.5 Å². The third kappa shape index (κ3) is 3.66. The molecule has 1 aliphatic heterocycles. The van der Waals surface area contributed by atoms with Crippen molar-refractivity contribution >= 4 is 11.7 Å². The van der Waals surface area contributed by atoms with Crippen molar-refractivity contribution in [1.82, 2.24) is 14.9 Å². The van der Waals surface area contributed by atoms with Gasteiger partial charge < -0.3 is 9.80 Å². The lowest BCUT2D eigenvalue weighted by molar-refractivity contribution is 0.0736. The molecule has 0 atom stereocenters. The van der Waals surface area contributed by atoms with Crippen LogP contribution in [-0.2, 0) is 0 Å². The lowest BCUT2D eigenvalue weighted by Crippen LogP contribution is -2.49. The van der Waals surface area contributed by atoms with E-state index in [1.807, 2.05) is 26.8 Å². The summed E-state index contributed by atoms with van der Waals surface area (Å²) in [5.41, 5.74) is 0.409. The predicted molar refractivity (Wildman–Crippen MR) is 95.3 cm³/mol. The summed E-state index contributed by atoms with van der Waals surface area (Å²) >= 11 is 0. The van der Waals surface area contributed by atoms with Crippen LogP contribution in [0.4, 0.5) is 14.6 Å². The second kappa shape index (κ2) is 7.35. The minimum atomic E-state index is -0.828. The van der Waals surface area contributed by atoms with Gasteiger partial charge in [-0.25, -0.2) is 18.7 Å². The molecular weight excluding hydrogens is 338 g/mol. The van der Waals surface area contributed by atoms with Crippen molar-refractivity contribution in [2.24, 2.45) is 0 Å². The lowest BCUT2D eigenvalue weighted by Gasteiger charge is -2.35. The Hall–Kier alpha value is -2.57. The fraction of sp³-hybridized carbons (Fsp3) is 0.421. The van der Waals surface area contributed by atoms with Crippen LogP contribution in [0, 0.1) is 18.6 Å². The van der Waals surface area contributed by atoms with Crippen LogP contribution in [0.1, 0.15) is 41.6 Å². The Labute approximate surface area is 151 Å². The molecule has 1 saturated heterocycles. The summed E-state index contributed by atoms with van der Waals surface area (Å²) in [7, 11) is 0. The normalized spacial score (nSPS) is 14.8. The van der Waals surface area contributed by atoms with E-state index in [0.29, 0.717) is 26.2 Å². The largest absolute Gasteiger partial charge is 0.353 e. The first-order valence-corrected chi connectivity index (χ1v) is 8.70. The SMILES string of the molecule is Cc1cc(N2CCN(C(=O)c3c(F)cccc3F)CC2)nc(C(C)C)n1. The second-order valence-corrected chi connectivity index (χ2v) is 6.76. The summed E-state index contributed by atoms with van der Waals surface area (Å²) in [6.45, 7) is 7.87. The Kier molecular flexibility index (Phi) is 5.15. The molecule has 0 bridgehead atoms. The Balaban J connectivity index is 1.73.